The number of rotatable bonds is 13. The number of nitrogens with one attached hydrogen (secondary N) is 1. The number of sulfone groups is 1. The molecular formula is C24H32N4O8S. The maximum Gasteiger partial charge on any atom is 0.286 e. The predicted octanol–water partition coefficient (Wildman–Crippen LogP) is 0.774. The second-order valence-electron chi connectivity index (χ2n) is 8.70. The highest BCUT2D eigenvalue weighted by molar-refractivity contribution is 7.90. The van der Waals surface area contributed by atoms with Gasteiger partial charge in [-0.3, -0.25) is 14.4 Å². The monoisotopic (exact) mass is 536 g/mol. The molecule has 2 amide bonds. The molecule has 2 heterocycles. The number of methoxy groups -OCH3 is 1. The van der Waals surface area contributed by atoms with E-state index in [0.29, 0.717) is 31.9 Å². The number of amides is 2. The zero-order valence-electron chi connectivity index (χ0n) is 20.9. The van der Waals surface area contributed by atoms with Gasteiger partial charge < -0.3 is 24.1 Å². The molecule has 13 heteroatoms. The zero-order valence-corrected chi connectivity index (χ0v) is 21.7. The minimum atomic E-state index is -3.77. The average molecular weight is 537 g/mol. The molecule has 1 aromatic heterocycles. The van der Waals surface area contributed by atoms with Crippen molar-refractivity contribution >= 4 is 27.4 Å². The Morgan fingerprint density at radius 1 is 1.14 bits per heavy atom. The summed E-state index contributed by atoms with van der Waals surface area (Å²) in [6, 6.07) is 7.55. The third-order valence-electron chi connectivity index (χ3n) is 5.83. The topological polar surface area (TPSA) is 158 Å². The summed E-state index contributed by atoms with van der Waals surface area (Å²) in [5.74, 6) is -3.89. The lowest BCUT2D eigenvalue weighted by molar-refractivity contribution is -0.139. The number of aromatic nitrogens is 2. The zero-order chi connectivity index (χ0) is 26.8. The molecular weight excluding hydrogens is 504 g/mol. The van der Waals surface area contributed by atoms with Crippen LogP contribution in [0, 0.1) is 5.92 Å². The number of morpholine rings is 1. The molecule has 12 nitrogen and oxygen atoms in total. The van der Waals surface area contributed by atoms with Crippen LogP contribution in [0.25, 0.3) is 0 Å². The van der Waals surface area contributed by atoms with Crippen molar-refractivity contribution in [3.63, 3.8) is 0 Å². The molecule has 0 saturated carbocycles. The van der Waals surface area contributed by atoms with Crippen molar-refractivity contribution in [1.82, 2.24) is 20.4 Å². The standard InChI is InChI=1S/C24H32N4O8S/c1-3-19(22(30)24-27-26-20(36-24)14-34-2)25-23(31)18(13-21(29)28-9-11-35-12-10-28)16-37(32,33)15-17-7-5-4-6-8-17/h4-8,18-19H,3,9-16H2,1-2H3,(H,25,31). The van der Waals surface area contributed by atoms with Gasteiger partial charge in [-0.1, -0.05) is 37.3 Å². The Morgan fingerprint density at radius 3 is 2.49 bits per heavy atom. The van der Waals surface area contributed by atoms with Crippen LogP contribution in [0.1, 0.15) is 41.9 Å². The highest BCUT2D eigenvalue weighted by atomic mass is 32.2. The summed E-state index contributed by atoms with van der Waals surface area (Å²) in [7, 11) is -2.33. The molecule has 1 fully saturated rings. The van der Waals surface area contributed by atoms with Crippen molar-refractivity contribution in [2.45, 2.75) is 38.2 Å². The van der Waals surface area contributed by atoms with E-state index in [1.807, 2.05) is 0 Å². The van der Waals surface area contributed by atoms with E-state index in [4.69, 9.17) is 13.9 Å². The summed E-state index contributed by atoms with van der Waals surface area (Å²) in [6.07, 6.45) is -0.128. The van der Waals surface area contributed by atoms with Crippen LogP contribution in [0.2, 0.25) is 0 Å². The Morgan fingerprint density at radius 2 is 1.84 bits per heavy atom. The third-order valence-corrected chi connectivity index (χ3v) is 7.51. The number of carbonyl (C=O) groups is 3. The van der Waals surface area contributed by atoms with Gasteiger partial charge in [0.2, 0.25) is 23.5 Å². The molecule has 1 aliphatic heterocycles. The molecule has 202 valence electrons. The number of Topliss-reactive ketones (excluding diaryl/α,β-unsaturated/α-hetero) is 1. The van der Waals surface area contributed by atoms with Crippen molar-refractivity contribution in [2.24, 2.45) is 5.92 Å². The molecule has 0 aliphatic carbocycles. The van der Waals surface area contributed by atoms with Crippen molar-refractivity contribution in [3.8, 4) is 0 Å². The normalized spacial score (nSPS) is 15.7. The van der Waals surface area contributed by atoms with E-state index in [-0.39, 0.29) is 42.9 Å². The molecule has 1 N–H and O–H groups in total. The molecule has 2 atom stereocenters. The van der Waals surface area contributed by atoms with Gasteiger partial charge in [0.25, 0.3) is 5.89 Å². The van der Waals surface area contributed by atoms with Gasteiger partial charge in [0.1, 0.15) is 6.61 Å². The highest BCUT2D eigenvalue weighted by Crippen LogP contribution is 2.17. The Labute approximate surface area is 215 Å². The largest absolute Gasteiger partial charge is 0.416 e. The summed E-state index contributed by atoms with van der Waals surface area (Å²) in [4.78, 5) is 40.6. The minimum absolute atomic E-state index is 0.0223. The fraction of sp³-hybridized carbons (Fsp3) is 0.542. The summed E-state index contributed by atoms with van der Waals surface area (Å²) in [5.41, 5.74) is 0.575. The Balaban J connectivity index is 1.75. The number of hydrogen-bond acceptors (Lipinski definition) is 10. The van der Waals surface area contributed by atoms with E-state index in [1.165, 1.54) is 7.11 Å². The minimum Gasteiger partial charge on any atom is -0.416 e. The van der Waals surface area contributed by atoms with Crippen LogP contribution in [0.15, 0.2) is 34.7 Å². The Bertz CT molecular complexity index is 1160. The van der Waals surface area contributed by atoms with E-state index in [0.717, 1.165) is 0 Å². The van der Waals surface area contributed by atoms with Crippen LogP contribution in [-0.4, -0.2) is 86.3 Å². The summed E-state index contributed by atoms with van der Waals surface area (Å²) in [6.45, 7) is 3.17. The van der Waals surface area contributed by atoms with E-state index in [9.17, 15) is 22.8 Å². The predicted molar refractivity (Wildman–Crippen MR) is 131 cm³/mol. The van der Waals surface area contributed by atoms with Gasteiger partial charge in [-0.15, -0.1) is 10.2 Å². The molecule has 2 unspecified atom stereocenters. The highest BCUT2D eigenvalue weighted by Gasteiger charge is 2.33. The first kappa shape index (κ1) is 28.4. The van der Waals surface area contributed by atoms with E-state index >= 15 is 0 Å². The second kappa shape index (κ2) is 13.4. The first-order valence-electron chi connectivity index (χ1n) is 12.0. The fourth-order valence-electron chi connectivity index (χ4n) is 3.90. The molecule has 1 aliphatic rings. The van der Waals surface area contributed by atoms with Crippen molar-refractivity contribution in [2.75, 3.05) is 39.2 Å². The molecule has 0 bridgehead atoms. The van der Waals surface area contributed by atoms with Crippen molar-refractivity contribution in [3.05, 3.63) is 47.7 Å². The number of ether oxygens (including phenoxy) is 2. The molecule has 0 radical (unpaired) electrons. The van der Waals surface area contributed by atoms with Crippen molar-refractivity contribution in [1.29, 1.82) is 0 Å². The Kier molecular flexibility index (Phi) is 10.3. The first-order chi connectivity index (χ1) is 17.7. The summed E-state index contributed by atoms with van der Waals surface area (Å²) >= 11 is 0. The van der Waals surface area contributed by atoms with Gasteiger partial charge in [0.15, 0.2) is 9.84 Å². The lowest BCUT2D eigenvalue weighted by atomic mass is 10.0. The Hall–Kier alpha value is -3.16. The number of nitrogens with zero attached hydrogens (tertiary/aromatic N) is 3. The number of ketones is 1. The maximum absolute atomic E-state index is 13.3. The van der Waals surface area contributed by atoms with Gasteiger partial charge >= 0.3 is 0 Å². The average Bonchev–Trinajstić information content (AvgIpc) is 3.36. The van der Waals surface area contributed by atoms with Gasteiger partial charge in [-0.25, -0.2) is 8.42 Å². The smallest absolute Gasteiger partial charge is 0.286 e. The first-order valence-corrected chi connectivity index (χ1v) is 13.8. The van der Waals surface area contributed by atoms with Gasteiger partial charge in [-0.05, 0) is 12.0 Å². The van der Waals surface area contributed by atoms with Gasteiger partial charge in [0, 0.05) is 26.6 Å². The molecule has 37 heavy (non-hydrogen) atoms. The van der Waals surface area contributed by atoms with E-state index < -0.39 is 39.2 Å². The van der Waals surface area contributed by atoms with Crippen LogP contribution < -0.4 is 5.32 Å². The summed E-state index contributed by atoms with van der Waals surface area (Å²) < 4.78 is 41.5. The second-order valence-corrected chi connectivity index (χ2v) is 10.8. The van der Waals surface area contributed by atoms with E-state index in [1.54, 1.807) is 42.2 Å². The number of carbonyl (C=O) groups excluding carboxylic acids is 3. The van der Waals surface area contributed by atoms with Crippen LogP contribution in [-0.2, 0) is 41.3 Å². The molecule has 3 rings (SSSR count). The van der Waals surface area contributed by atoms with Gasteiger partial charge in [-0.2, -0.15) is 0 Å². The molecule has 1 aromatic carbocycles. The van der Waals surface area contributed by atoms with Crippen LogP contribution in [0.4, 0.5) is 0 Å². The van der Waals surface area contributed by atoms with Crippen molar-refractivity contribution < 1.29 is 36.7 Å². The number of benzene rings is 1. The molecule has 2 aromatic rings. The van der Waals surface area contributed by atoms with Crippen LogP contribution >= 0.6 is 0 Å². The SMILES string of the molecule is CCC(NC(=O)C(CC(=O)N1CCOCC1)CS(=O)(=O)Cc1ccccc1)C(=O)c1nnc(COC)o1. The maximum atomic E-state index is 13.3. The fourth-order valence-corrected chi connectivity index (χ4v) is 5.60. The third kappa shape index (κ3) is 8.44. The lowest BCUT2D eigenvalue weighted by Crippen LogP contribution is -2.47. The van der Waals surface area contributed by atoms with Gasteiger partial charge in [0.05, 0.1) is 36.7 Å². The lowest BCUT2D eigenvalue weighted by Gasteiger charge is -2.28. The quantitative estimate of drug-likeness (QED) is 0.363. The molecule has 0 spiro atoms. The molecule has 1 saturated heterocycles. The van der Waals surface area contributed by atoms with E-state index in [2.05, 4.69) is 15.5 Å². The summed E-state index contributed by atoms with van der Waals surface area (Å²) in [5, 5.41) is 10.0. The van der Waals surface area contributed by atoms with Crippen LogP contribution in [0.3, 0.4) is 0 Å². The van der Waals surface area contributed by atoms with Crippen LogP contribution in [0.5, 0.6) is 0 Å². The number of hydrogen-bond donors (Lipinski definition) is 1.